The highest BCUT2D eigenvalue weighted by Crippen LogP contribution is 2.14. The number of aliphatic imine (C=N–C) groups is 1. The molecular weight excluding hydrogens is 369 g/mol. The third-order valence-corrected chi connectivity index (χ3v) is 3.89. The van der Waals surface area contributed by atoms with Crippen molar-refractivity contribution in [1.82, 2.24) is 10.2 Å². The van der Waals surface area contributed by atoms with Crippen molar-refractivity contribution in [2.45, 2.75) is 31.8 Å². The van der Waals surface area contributed by atoms with E-state index in [1.54, 1.807) is 0 Å². The second-order valence-electron chi connectivity index (χ2n) is 5.53. The molecule has 20 heavy (non-hydrogen) atoms. The van der Waals surface area contributed by atoms with Crippen LogP contribution in [0.15, 0.2) is 4.99 Å². The monoisotopic (exact) mass is 397 g/mol. The molecule has 0 bridgehead atoms. The van der Waals surface area contributed by atoms with Gasteiger partial charge in [0, 0.05) is 46.3 Å². The van der Waals surface area contributed by atoms with Crippen LogP contribution in [-0.4, -0.2) is 64.0 Å². The molecule has 2 fully saturated rings. The van der Waals surface area contributed by atoms with Crippen LogP contribution < -0.4 is 5.32 Å². The SMILES string of the molecule is CN=C(NCC1CCCCO1)N(C)CC1CCOC1.I. The fourth-order valence-corrected chi connectivity index (χ4v) is 2.76. The van der Waals surface area contributed by atoms with Crippen molar-refractivity contribution >= 4 is 29.9 Å². The quantitative estimate of drug-likeness (QED) is 0.446. The van der Waals surface area contributed by atoms with Gasteiger partial charge in [0.1, 0.15) is 0 Å². The maximum Gasteiger partial charge on any atom is 0.193 e. The Kier molecular flexibility index (Phi) is 8.79. The summed E-state index contributed by atoms with van der Waals surface area (Å²) in [4.78, 5) is 6.55. The van der Waals surface area contributed by atoms with E-state index in [2.05, 4.69) is 22.3 Å². The maximum atomic E-state index is 5.73. The molecule has 2 rings (SSSR count). The summed E-state index contributed by atoms with van der Waals surface area (Å²) in [6.45, 7) is 4.55. The third-order valence-electron chi connectivity index (χ3n) is 3.89. The largest absolute Gasteiger partial charge is 0.381 e. The van der Waals surface area contributed by atoms with Crippen molar-refractivity contribution in [1.29, 1.82) is 0 Å². The summed E-state index contributed by atoms with van der Waals surface area (Å²) in [7, 11) is 3.93. The van der Waals surface area contributed by atoms with Crippen LogP contribution in [0.3, 0.4) is 0 Å². The summed E-state index contributed by atoms with van der Waals surface area (Å²) < 4.78 is 11.1. The lowest BCUT2D eigenvalue weighted by molar-refractivity contribution is 0.0191. The second-order valence-corrected chi connectivity index (χ2v) is 5.53. The Hall–Kier alpha value is -0.0800. The van der Waals surface area contributed by atoms with Crippen LogP contribution >= 0.6 is 24.0 Å². The van der Waals surface area contributed by atoms with Crippen LogP contribution in [0.25, 0.3) is 0 Å². The number of halogens is 1. The molecule has 0 spiro atoms. The van der Waals surface area contributed by atoms with Crippen molar-refractivity contribution in [3.8, 4) is 0 Å². The van der Waals surface area contributed by atoms with Crippen LogP contribution in [0.2, 0.25) is 0 Å². The average Bonchev–Trinajstić information content (AvgIpc) is 2.93. The van der Waals surface area contributed by atoms with Gasteiger partial charge in [0.25, 0.3) is 0 Å². The van der Waals surface area contributed by atoms with Crippen molar-refractivity contribution in [3.63, 3.8) is 0 Å². The molecule has 2 atom stereocenters. The summed E-state index contributed by atoms with van der Waals surface area (Å²) in [5.41, 5.74) is 0. The van der Waals surface area contributed by atoms with E-state index in [0.29, 0.717) is 12.0 Å². The van der Waals surface area contributed by atoms with Crippen LogP contribution in [0.5, 0.6) is 0 Å². The highest BCUT2D eigenvalue weighted by molar-refractivity contribution is 14.0. The zero-order chi connectivity index (χ0) is 13.5. The van der Waals surface area contributed by atoms with Gasteiger partial charge in [-0.05, 0) is 25.7 Å². The van der Waals surface area contributed by atoms with E-state index in [9.17, 15) is 0 Å². The van der Waals surface area contributed by atoms with Gasteiger partial charge in [-0.15, -0.1) is 24.0 Å². The number of hydrogen-bond acceptors (Lipinski definition) is 3. The highest BCUT2D eigenvalue weighted by Gasteiger charge is 2.20. The Morgan fingerprint density at radius 1 is 1.30 bits per heavy atom. The molecule has 6 heteroatoms. The van der Waals surface area contributed by atoms with Gasteiger partial charge in [-0.2, -0.15) is 0 Å². The Bertz CT molecular complexity index is 290. The van der Waals surface area contributed by atoms with E-state index in [0.717, 1.165) is 51.7 Å². The molecule has 0 amide bonds. The van der Waals surface area contributed by atoms with Gasteiger partial charge < -0.3 is 19.7 Å². The molecule has 0 radical (unpaired) electrons. The molecule has 118 valence electrons. The number of nitrogens with one attached hydrogen (secondary N) is 1. The van der Waals surface area contributed by atoms with Gasteiger partial charge in [0.05, 0.1) is 12.7 Å². The lowest BCUT2D eigenvalue weighted by Gasteiger charge is -2.27. The van der Waals surface area contributed by atoms with Gasteiger partial charge >= 0.3 is 0 Å². The van der Waals surface area contributed by atoms with Crippen molar-refractivity contribution in [2.75, 3.05) is 47.0 Å². The Labute approximate surface area is 139 Å². The summed E-state index contributed by atoms with van der Waals surface area (Å²) >= 11 is 0. The Morgan fingerprint density at radius 2 is 2.15 bits per heavy atom. The molecular formula is C14H28IN3O2. The molecule has 0 aromatic rings. The van der Waals surface area contributed by atoms with Gasteiger partial charge in [-0.3, -0.25) is 4.99 Å². The van der Waals surface area contributed by atoms with E-state index >= 15 is 0 Å². The zero-order valence-electron chi connectivity index (χ0n) is 12.6. The number of rotatable bonds is 4. The van der Waals surface area contributed by atoms with Gasteiger partial charge in [-0.1, -0.05) is 0 Å². The van der Waals surface area contributed by atoms with Crippen LogP contribution in [0, 0.1) is 5.92 Å². The van der Waals surface area contributed by atoms with Crippen molar-refractivity contribution < 1.29 is 9.47 Å². The second kappa shape index (κ2) is 9.78. The topological polar surface area (TPSA) is 46.1 Å². The number of nitrogens with zero attached hydrogens (tertiary/aromatic N) is 2. The first-order valence-electron chi connectivity index (χ1n) is 7.40. The van der Waals surface area contributed by atoms with E-state index in [1.165, 1.54) is 12.8 Å². The van der Waals surface area contributed by atoms with Gasteiger partial charge in [0.15, 0.2) is 5.96 Å². The third kappa shape index (κ3) is 5.73. The summed E-state index contributed by atoms with van der Waals surface area (Å²) in [5.74, 6) is 1.59. The lowest BCUT2D eigenvalue weighted by Crippen LogP contribution is -2.45. The molecule has 2 aliphatic heterocycles. The van der Waals surface area contributed by atoms with Crippen molar-refractivity contribution in [3.05, 3.63) is 0 Å². The first-order chi connectivity index (χ1) is 9.29. The van der Waals surface area contributed by atoms with Crippen molar-refractivity contribution in [2.24, 2.45) is 10.9 Å². The maximum absolute atomic E-state index is 5.73. The zero-order valence-corrected chi connectivity index (χ0v) is 15.0. The smallest absolute Gasteiger partial charge is 0.193 e. The van der Waals surface area contributed by atoms with Crippen LogP contribution in [0.4, 0.5) is 0 Å². The van der Waals surface area contributed by atoms with Gasteiger partial charge in [-0.25, -0.2) is 0 Å². The molecule has 2 aliphatic rings. The Balaban J connectivity index is 0.00000200. The predicted molar refractivity (Wildman–Crippen MR) is 91.9 cm³/mol. The first-order valence-corrected chi connectivity index (χ1v) is 7.40. The fraction of sp³-hybridized carbons (Fsp3) is 0.929. The molecule has 0 saturated carbocycles. The van der Waals surface area contributed by atoms with Gasteiger partial charge in [0.2, 0.25) is 0 Å². The minimum atomic E-state index is 0. The molecule has 0 aliphatic carbocycles. The molecule has 0 aromatic heterocycles. The molecule has 2 saturated heterocycles. The number of hydrogen-bond donors (Lipinski definition) is 1. The minimum absolute atomic E-state index is 0. The average molecular weight is 397 g/mol. The fourth-order valence-electron chi connectivity index (χ4n) is 2.76. The molecule has 0 aromatic carbocycles. The molecule has 1 N–H and O–H groups in total. The molecule has 2 unspecified atom stereocenters. The number of ether oxygens (including phenoxy) is 2. The van der Waals surface area contributed by atoms with Crippen LogP contribution in [-0.2, 0) is 9.47 Å². The standard InChI is InChI=1S/C14H27N3O2.HI/c1-15-14(16-9-13-5-3-4-7-19-13)17(2)10-12-6-8-18-11-12;/h12-13H,3-11H2,1-2H3,(H,15,16);1H. The molecule has 5 nitrogen and oxygen atoms in total. The summed E-state index contributed by atoms with van der Waals surface area (Å²) in [5, 5.41) is 3.42. The molecule has 2 heterocycles. The van der Waals surface area contributed by atoms with Crippen LogP contribution in [0.1, 0.15) is 25.7 Å². The van der Waals surface area contributed by atoms with E-state index < -0.39 is 0 Å². The summed E-state index contributed by atoms with van der Waals surface area (Å²) in [6, 6.07) is 0. The normalized spacial score (nSPS) is 27.0. The predicted octanol–water partition coefficient (Wildman–Crippen LogP) is 1.72. The minimum Gasteiger partial charge on any atom is -0.381 e. The van der Waals surface area contributed by atoms with E-state index in [1.807, 2.05) is 7.05 Å². The Morgan fingerprint density at radius 3 is 2.75 bits per heavy atom. The first kappa shape index (κ1) is 18.0. The number of guanidine groups is 1. The lowest BCUT2D eigenvalue weighted by atomic mass is 10.1. The highest BCUT2D eigenvalue weighted by atomic mass is 127. The van der Waals surface area contributed by atoms with E-state index in [4.69, 9.17) is 9.47 Å². The van der Waals surface area contributed by atoms with E-state index in [-0.39, 0.29) is 24.0 Å². The summed E-state index contributed by atoms with van der Waals surface area (Å²) in [6.07, 6.45) is 5.14.